The van der Waals surface area contributed by atoms with Crippen LogP contribution >= 0.6 is 0 Å². The molecule has 0 aliphatic heterocycles. The predicted molar refractivity (Wildman–Crippen MR) is 48.1 cm³/mol. The number of hydrogen-bond donors (Lipinski definition) is 0. The van der Waals surface area contributed by atoms with E-state index in [1.807, 2.05) is 0 Å². The Labute approximate surface area is 65.3 Å². The molecule has 0 rings (SSSR count). The minimum absolute atomic E-state index is 0.497. The van der Waals surface area contributed by atoms with Gasteiger partial charge < -0.3 is 0 Å². The minimum atomic E-state index is 0.497. The van der Waals surface area contributed by atoms with Crippen molar-refractivity contribution in [2.24, 2.45) is 5.41 Å². The zero-order valence-electron chi connectivity index (χ0n) is 7.99. The molecule has 0 heterocycles. The van der Waals surface area contributed by atoms with E-state index in [9.17, 15) is 0 Å². The van der Waals surface area contributed by atoms with E-state index >= 15 is 0 Å². The number of allylic oxidation sites excluding steroid dienone is 2. The second-order valence-corrected chi connectivity index (χ2v) is 3.83. The molecule has 0 saturated heterocycles. The standard InChI is InChI=1S/C10H20/c1-6-9(3)8-10(4,5)7-2/h6H,7-8H2,1-5H3. The van der Waals surface area contributed by atoms with Crippen LogP contribution in [0.4, 0.5) is 0 Å². The van der Waals surface area contributed by atoms with Crippen molar-refractivity contribution in [1.29, 1.82) is 0 Å². The van der Waals surface area contributed by atoms with Crippen molar-refractivity contribution in [2.45, 2.75) is 47.5 Å². The Hall–Kier alpha value is -0.260. The summed E-state index contributed by atoms with van der Waals surface area (Å²) in [5, 5.41) is 0. The van der Waals surface area contributed by atoms with Gasteiger partial charge in [-0.05, 0) is 25.7 Å². The van der Waals surface area contributed by atoms with Crippen LogP contribution in [-0.4, -0.2) is 0 Å². The molecule has 0 unspecified atom stereocenters. The number of hydrogen-bond acceptors (Lipinski definition) is 0. The van der Waals surface area contributed by atoms with Gasteiger partial charge in [0.15, 0.2) is 0 Å². The van der Waals surface area contributed by atoms with E-state index in [0.29, 0.717) is 5.41 Å². The average molecular weight is 140 g/mol. The van der Waals surface area contributed by atoms with Gasteiger partial charge in [0.05, 0.1) is 0 Å². The van der Waals surface area contributed by atoms with E-state index in [0.717, 1.165) is 0 Å². The maximum absolute atomic E-state index is 2.32. The highest BCUT2D eigenvalue weighted by molar-refractivity contribution is 4.98. The third kappa shape index (κ3) is 3.71. The summed E-state index contributed by atoms with van der Waals surface area (Å²) >= 11 is 0. The first-order valence-electron chi connectivity index (χ1n) is 4.13. The summed E-state index contributed by atoms with van der Waals surface area (Å²) in [6.07, 6.45) is 4.70. The molecule has 0 radical (unpaired) electrons. The fraction of sp³-hybridized carbons (Fsp3) is 0.800. The second-order valence-electron chi connectivity index (χ2n) is 3.83. The van der Waals surface area contributed by atoms with Gasteiger partial charge in [0.2, 0.25) is 0 Å². The molecular weight excluding hydrogens is 120 g/mol. The van der Waals surface area contributed by atoms with Gasteiger partial charge in [-0.15, -0.1) is 0 Å². The van der Waals surface area contributed by atoms with Crippen LogP contribution in [0.15, 0.2) is 11.6 Å². The Morgan fingerprint density at radius 3 is 2.20 bits per heavy atom. The average Bonchev–Trinajstić information content (AvgIpc) is 1.87. The highest BCUT2D eigenvalue weighted by atomic mass is 14.2. The topological polar surface area (TPSA) is 0 Å². The molecule has 0 aliphatic rings. The molecule has 0 saturated carbocycles. The molecule has 0 aliphatic carbocycles. The first-order chi connectivity index (χ1) is 4.52. The summed E-state index contributed by atoms with van der Waals surface area (Å²) in [5.41, 5.74) is 2.00. The summed E-state index contributed by atoms with van der Waals surface area (Å²) in [4.78, 5) is 0. The minimum Gasteiger partial charge on any atom is -0.0887 e. The molecule has 10 heavy (non-hydrogen) atoms. The van der Waals surface area contributed by atoms with Crippen molar-refractivity contribution in [3.63, 3.8) is 0 Å². The molecule has 0 bridgehead atoms. The summed E-state index contributed by atoms with van der Waals surface area (Å²) in [6.45, 7) is 11.2. The predicted octanol–water partition coefficient (Wildman–Crippen LogP) is 3.78. The van der Waals surface area contributed by atoms with Gasteiger partial charge in [-0.2, -0.15) is 0 Å². The van der Waals surface area contributed by atoms with Crippen LogP contribution in [0.3, 0.4) is 0 Å². The zero-order chi connectivity index (χ0) is 8.20. The maximum Gasteiger partial charge on any atom is -0.0272 e. The van der Waals surface area contributed by atoms with Crippen LogP contribution in [0.5, 0.6) is 0 Å². The highest BCUT2D eigenvalue weighted by Crippen LogP contribution is 2.27. The summed E-state index contributed by atoms with van der Waals surface area (Å²) in [5.74, 6) is 0. The first kappa shape index (κ1) is 9.74. The van der Waals surface area contributed by atoms with Gasteiger partial charge in [-0.3, -0.25) is 0 Å². The molecule has 0 atom stereocenters. The van der Waals surface area contributed by atoms with Gasteiger partial charge in [-0.25, -0.2) is 0 Å². The van der Waals surface area contributed by atoms with Crippen molar-refractivity contribution in [3.05, 3.63) is 11.6 Å². The van der Waals surface area contributed by atoms with Crippen molar-refractivity contribution in [1.82, 2.24) is 0 Å². The van der Waals surface area contributed by atoms with E-state index in [-0.39, 0.29) is 0 Å². The summed E-state index contributed by atoms with van der Waals surface area (Å²) in [6, 6.07) is 0. The highest BCUT2D eigenvalue weighted by Gasteiger charge is 2.14. The normalized spacial score (nSPS) is 13.9. The molecule has 60 valence electrons. The van der Waals surface area contributed by atoms with Crippen LogP contribution in [0.2, 0.25) is 0 Å². The molecule has 0 fully saturated rings. The van der Waals surface area contributed by atoms with E-state index in [4.69, 9.17) is 0 Å². The Morgan fingerprint density at radius 2 is 1.90 bits per heavy atom. The van der Waals surface area contributed by atoms with Gasteiger partial charge in [0, 0.05) is 0 Å². The van der Waals surface area contributed by atoms with E-state index in [1.165, 1.54) is 18.4 Å². The Bertz CT molecular complexity index is 118. The molecular formula is C10H20. The monoisotopic (exact) mass is 140 g/mol. The van der Waals surface area contributed by atoms with Crippen molar-refractivity contribution >= 4 is 0 Å². The van der Waals surface area contributed by atoms with Crippen molar-refractivity contribution < 1.29 is 0 Å². The molecule has 0 nitrogen and oxygen atoms in total. The molecule has 0 aromatic heterocycles. The lowest BCUT2D eigenvalue weighted by Gasteiger charge is -2.22. The van der Waals surface area contributed by atoms with E-state index < -0.39 is 0 Å². The largest absolute Gasteiger partial charge is 0.0887 e. The summed E-state index contributed by atoms with van der Waals surface area (Å²) in [7, 11) is 0. The zero-order valence-corrected chi connectivity index (χ0v) is 7.99. The van der Waals surface area contributed by atoms with E-state index in [1.54, 1.807) is 0 Å². The van der Waals surface area contributed by atoms with Crippen LogP contribution < -0.4 is 0 Å². The molecule has 0 spiro atoms. The third-order valence-electron chi connectivity index (χ3n) is 2.21. The lowest BCUT2D eigenvalue weighted by molar-refractivity contribution is 0.348. The van der Waals surface area contributed by atoms with Gasteiger partial charge in [0.1, 0.15) is 0 Å². The quantitative estimate of drug-likeness (QED) is 0.523. The SMILES string of the molecule is CC=C(C)CC(C)(C)CC. The molecule has 0 amide bonds. The fourth-order valence-electron chi connectivity index (χ4n) is 0.982. The maximum atomic E-state index is 2.32. The molecule has 0 heteroatoms. The van der Waals surface area contributed by atoms with E-state index in [2.05, 4.69) is 40.7 Å². The molecule has 0 aromatic rings. The summed E-state index contributed by atoms with van der Waals surface area (Å²) < 4.78 is 0. The van der Waals surface area contributed by atoms with Crippen LogP contribution in [-0.2, 0) is 0 Å². The van der Waals surface area contributed by atoms with Crippen LogP contribution in [0.1, 0.15) is 47.5 Å². The van der Waals surface area contributed by atoms with Crippen molar-refractivity contribution in [3.8, 4) is 0 Å². The molecule has 0 N–H and O–H groups in total. The second kappa shape index (κ2) is 3.80. The number of rotatable bonds is 3. The van der Waals surface area contributed by atoms with Crippen LogP contribution in [0, 0.1) is 5.41 Å². The van der Waals surface area contributed by atoms with Crippen LogP contribution in [0.25, 0.3) is 0 Å². The first-order valence-corrected chi connectivity index (χ1v) is 4.13. The Kier molecular flexibility index (Phi) is 3.70. The van der Waals surface area contributed by atoms with Gasteiger partial charge in [0.25, 0.3) is 0 Å². The van der Waals surface area contributed by atoms with Gasteiger partial charge in [-0.1, -0.05) is 38.8 Å². The molecule has 0 aromatic carbocycles. The van der Waals surface area contributed by atoms with Crippen molar-refractivity contribution in [2.75, 3.05) is 0 Å². The lowest BCUT2D eigenvalue weighted by atomic mass is 9.83. The Balaban J connectivity index is 3.88. The Morgan fingerprint density at radius 1 is 1.40 bits per heavy atom. The fourth-order valence-corrected chi connectivity index (χ4v) is 0.982. The smallest absolute Gasteiger partial charge is 0.0272 e. The van der Waals surface area contributed by atoms with Gasteiger partial charge >= 0.3 is 0 Å². The third-order valence-corrected chi connectivity index (χ3v) is 2.21. The lowest BCUT2D eigenvalue weighted by Crippen LogP contribution is -2.09.